The molecule has 31 heavy (non-hydrogen) atoms. The monoisotopic (exact) mass is 442 g/mol. The van der Waals surface area contributed by atoms with E-state index in [4.69, 9.17) is 19.0 Å². The third-order valence-corrected chi connectivity index (χ3v) is 5.58. The van der Waals surface area contributed by atoms with E-state index in [9.17, 15) is 14.4 Å². The number of ether oxygens (including phenoxy) is 3. The van der Waals surface area contributed by atoms with Crippen molar-refractivity contribution < 1.29 is 33.4 Å². The summed E-state index contributed by atoms with van der Waals surface area (Å²) in [6.45, 7) is 6.32. The zero-order valence-corrected chi connectivity index (χ0v) is 19.7. The molecule has 0 N–H and O–H groups in total. The molecular formula is C22H38N2O7. The number of rotatable bonds is 8. The number of methoxy groups -OCH3 is 1. The molecule has 2 fully saturated rings. The fraction of sp³-hybridized carbons (Fsp3) is 0.864. The fourth-order valence-corrected chi connectivity index (χ4v) is 3.91. The molecule has 1 aliphatic heterocycles. The fourth-order valence-electron chi connectivity index (χ4n) is 3.91. The van der Waals surface area contributed by atoms with Crippen LogP contribution in [0.25, 0.3) is 0 Å². The van der Waals surface area contributed by atoms with Gasteiger partial charge in [0.2, 0.25) is 0 Å². The summed E-state index contributed by atoms with van der Waals surface area (Å²) in [7, 11) is 4.59. The number of hydrogen-bond acceptors (Lipinski definition) is 8. The van der Waals surface area contributed by atoms with Crippen molar-refractivity contribution in [3.63, 3.8) is 0 Å². The summed E-state index contributed by atoms with van der Waals surface area (Å²) in [6, 6.07) is -0.0433. The van der Waals surface area contributed by atoms with E-state index in [-0.39, 0.29) is 24.0 Å². The first-order chi connectivity index (χ1) is 14.5. The summed E-state index contributed by atoms with van der Waals surface area (Å²) < 4.78 is 16.3. The Morgan fingerprint density at radius 1 is 1.06 bits per heavy atom. The lowest BCUT2D eigenvalue weighted by atomic mass is 9.87. The summed E-state index contributed by atoms with van der Waals surface area (Å²) >= 11 is 0. The van der Waals surface area contributed by atoms with Crippen molar-refractivity contribution in [3.05, 3.63) is 0 Å². The van der Waals surface area contributed by atoms with Crippen LogP contribution in [0.15, 0.2) is 0 Å². The third-order valence-electron chi connectivity index (χ3n) is 5.58. The Bertz CT molecular complexity index is 624. The molecule has 0 radical (unpaired) electrons. The van der Waals surface area contributed by atoms with Crippen LogP contribution in [-0.2, 0) is 33.4 Å². The molecule has 1 aliphatic carbocycles. The molecule has 0 bridgehead atoms. The van der Waals surface area contributed by atoms with Crippen LogP contribution in [0.5, 0.6) is 0 Å². The van der Waals surface area contributed by atoms with E-state index in [0.29, 0.717) is 13.2 Å². The first-order valence-electron chi connectivity index (χ1n) is 11.1. The zero-order chi connectivity index (χ0) is 23.2. The number of hydroxylamine groups is 2. The Balaban J connectivity index is 1.91. The number of amides is 1. The van der Waals surface area contributed by atoms with Gasteiger partial charge >= 0.3 is 11.9 Å². The largest absolute Gasteiger partial charge is 0.469 e. The highest BCUT2D eigenvalue weighted by atomic mass is 16.7. The summed E-state index contributed by atoms with van der Waals surface area (Å²) in [4.78, 5) is 44.1. The van der Waals surface area contributed by atoms with Gasteiger partial charge < -0.3 is 19.1 Å². The highest BCUT2D eigenvalue weighted by molar-refractivity contribution is 6.00. The molecule has 9 nitrogen and oxygen atoms in total. The number of hydrogen-bond donors (Lipinski definition) is 0. The summed E-state index contributed by atoms with van der Waals surface area (Å²) in [5.74, 6) is -1.34. The van der Waals surface area contributed by atoms with Crippen molar-refractivity contribution in [2.75, 3.05) is 34.4 Å². The minimum atomic E-state index is -1.34. The van der Waals surface area contributed by atoms with Crippen LogP contribution in [0.1, 0.15) is 59.3 Å². The quantitative estimate of drug-likeness (QED) is 0.416. The molecule has 2 atom stereocenters. The molecule has 0 spiro atoms. The van der Waals surface area contributed by atoms with Gasteiger partial charge in [-0.3, -0.25) is 14.4 Å². The lowest BCUT2D eigenvalue weighted by Crippen LogP contribution is -2.49. The first kappa shape index (κ1) is 25.5. The Kier molecular flexibility index (Phi) is 9.27. The molecular weight excluding hydrogens is 404 g/mol. The van der Waals surface area contributed by atoms with E-state index in [1.54, 1.807) is 39.9 Å². The maximum atomic E-state index is 12.6. The van der Waals surface area contributed by atoms with Gasteiger partial charge in [0.05, 0.1) is 31.8 Å². The van der Waals surface area contributed by atoms with E-state index in [1.165, 1.54) is 12.0 Å². The number of likely N-dealkylation sites (N-methyl/N-ethyl adjacent to an activating group) is 1. The Hall–Kier alpha value is -1.71. The predicted octanol–water partition coefficient (Wildman–Crippen LogP) is 1.93. The standard InChI is InChI=1S/C22H38N2O7/c1-22(2,3)30-21(27)18(19(25)23(4)5)31-24-13-7-8-16(24)14-29-17-11-9-15(10-12-17)20(26)28-6/h15-18H,7-14H2,1-6H3/t15?,16-,17?,18?/m0/s1. The second-order valence-corrected chi connectivity index (χ2v) is 9.52. The molecule has 1 heterocycles. The molecule has 2 rings (SSSR count). The van der Waals surface area contributed by atoms with E-state index < -0.39 is 23.6 Å². The predicted molar refractivity (Wildman–Crippen MR) is 113 cm³/mol. The lowest BCUT2D eigenvalue weighted by Gasteiger charge is -2.32. The number of nitrogens with zero attached hydrogens (tertiary/aromatic N) is 2. The lowest BCUT2D eigenvalue weighted by molar-refractivity contribution is -0.230. The average molecular weight is 443 g/mol. The van der Waals surface area contributed by atoms with Crippen LogP contribution in [0.3, 0.4) is 0 Å². The first-order valence-corrected chi connectivity index (χ1v) is 11.1. The van der Waals surface area contributed by atoms with Gasteiger partial charge in [-0.2, -0.15) is 5.06 Å². The normalized spacial score (nSPS) is 25.7. The molecule has 1 unspecified atom stereocenters. The maximum absolute atomic E-state index is 12.6. The van der Waals surface area contributed by atoms with Gasteiger partial charge in [0.15, 0.2) is 0 Å². The summed E-state index contributed by atoms with van der Waals surface area (Å²) in [6.07, 6.45) is 3.65. The highest BCUT2D eigenvalue weighted by Gasteiger charge is 2.39. The van der Waals surface area contributed by atoms with E-state index in [2.05, 4.69) is 0 Å². The molecule has 1 amide bonds. The average Bonchev–Trinajstić information content (AvgIpc) is 3.15. The van der Waals surface area contributed by atoms with Crippen LogP contribution in [0.2, 0.25) is 0 Å². The number of esters is 2. The van der Waals surface area contributed by atoms with Crippen LogP contribution in [-0.4, -0.2) is 86.0 Å². The van der Waals surface area contributed by atoms with Gasteiger partial charge in [0, 0.05) is 20.6 Å². The van der Waals surface area contributed by atoms with Crippen molar-refractivity contribution >= 4 is 17.8 Å². The smallest absolute Gasteiger partial charge is 0.347 e. The van der Waals surface area contributed by atoms with Crippen LogP contribution < -0.4 is 0 Å². The second-order valence-electron chi connectivity index (χ2n) is 9.52. The minimum absolute atomic E-state index is 0.0391. The van der Waals surface area contributed by atoms with Crippen molar-refractivity contribution in [3.8, 4) is 0 Å². The molecule has 178 valence electrons. The van der Waals surface area contributed by atoms with E-state index in [0.717, 1.165) is 38.5 Å². The van der Waals surface area contributed by atoms with Gasteiger partial charge in [-0.25, -0.2) is 4.79 Å². The summed E-state index contributed by atoms with van der Waals surface area (Å²) in [5.41, 5.74) is -0.720. The van der Waals surface area contributed by atoms with Crippen LogP contribution in [0, 0.1) is 5.92 Å². The number of carbonyl (C=O) groups is 3. The Morgan fingerprint density at radius 2 is 1.71 bits per heavy atom. The van der Waals surface area contributed by atoms with Crippen molar-refractivity contribution in [1.29, 1.82) is 0 Å². The molecule has 2 aliphatic rings. The molecule has 0 aromatic heterocycles. The molecule has 1 saturated heterocycles. The van der Waals surface area contributed by atoms with Crippen LogP contribution >= 0.6 is 0 Å². The topological polar surface area (TPSA) is 94.6 Å². The van der Waals surface area contributed by atoms with Crippen LogP contribution in [0.4, 0.5) is 0 Å². The number of carbonyl (C=O) groups excluding carboxylic acids is 3. The highest BCUT2D eigenvalue weighted by Crippen LogP contribution is 2.28. The third kappa shape index (κ3) is 7.73. The molecule has 0 aromatic carbocycles. The van der Waals surface area contributed by atoms with Gasteiger partial charge in [-0.05, 0) is 59.3 Å². The van der Waals surface area contributed by atoms with Crippen molar-refractivity contribution in [2.24, 2.45) is 5.92 Å². The minimum Gasteiger partial charge on any atom is -0.469 e. The molecule has 0 aromatic rings. The molecule has 9 heteroatoms. The Morgan fingerprint density at radius 3 is 2.26 bits per heavy atom. The second kappa shape index (κ2) is 11.2. The maximum Gasteiger partial charge on any atom is 0.347 e. The Labute approximate surface area is 185 Å². The summed E-state index contributed by atoms with van der Waals surface area (Å²) in [5, 5.41) is 1.69. The SMILES string of the molecule is COC(=O)C1CCC(OC[C@@H]2CCCN2OC(C(=O)OC(C)(C)C)C(=O)N(C)C)CC1. The van der Waals surface area contributed by atoms with Gasteiger partial charge in [-0.15, -0.1) is 0 Å². The molecule has 1 saturated carbocycles. The van der Waals surface area contributed by atoms with Gasteiger partial charge in [-0.1, -0.05) is 0 Å². The van der Waals surface area contributed by atoms with Crippen molar-refractivity contribution in [1.82, 2.24) is 9.96 Å². The van der Waals surface area contributed by atoms with Crippen molar-refractivity contribution in [2.45, 2.75) is 83.1 Å². The van der Waals surface area contributed by atoms with Gasteiger partial charge in [0.1, 0.15) is 5.60 Å². The zero-order valence-electron chi connectivity index (χ0n) is 19.7. The van der Waals surface area contributed by atoms with Gasteiger partial charge in [0.25, 0.3) is 12.0 Å². The van der Waals surface area contributed by atoms with E-state index >= 15 is 0 Å². The van der Waals surface area contributed by atoms with E-state index in [1.807, 2.05) is 0 Å².